The number of hydrogen-bond donors (Lipinski definition) is 1. The van der Waals surface area contributed by atoms with Crippen LogP contribution in [-0.2, 0) is 0 Å². The zero-order valence-electron chi connectivity index (χ0n) is 10.6. The zero-order valence-corrected chi connectivity index (χ0v) is 12.2. The highest BCUT2D eigenvalue weighted by Gasteiger charge is 2.09. The Morgan fingerprint density at radius 3 is 2.56 bits per heavy atom. The largest absolute Gasteiger partial charge is 0.492 e. The van der Waals surface area contributed by atoms with Crippen LogP contribution in [0.15, 0.2) is 22.7 Å². The highest BCUT2D eigenvalue weighted by molar-refractivity contribution is 9.10. The lowest BCUT2D eigenvalue weighted by atomic mass is 10.2. The molecular weight excluding hydrogens is 298 g/mol. The molecule has 5 heteroatoms. The Labute approximate surface area is 116 Å². The Balaban J connectivity index is 2.53. The second kappa shape index (κ2) is 7.38. The first-order valence-corrected chi connectivity index (χ1v) is 6.75. The second-order valence-electron chi connectivity index (χ2n) is 3.82. The van der Waals surface area contributed by atoms with Crippen LogP contribution in [0.3, 0.4) is 0 Å². The summed E-state index contributed by atoms with van der Waals surface area (Å²) in [5.74, 6) is -0.268. The number of rotatable bonds is 7. The Morgan fingerprint density at radius 1 is 1.39 bits per heavy atom. The van der Waals surface area contributed by atoms with Crippen LogP contribution in [0.1, 0.15) is 24.2 Å². The Morgan fingerprint density at radius 2 is 2.06 bits per heavy atom. The van der Waals surface area contributed by atoms with E-state index in [9.17, 15) is 4.79 Å². The van der Waals surface area contributed by atoms with Crippen LogP contribution in [0.2, 0.25) is 0 Å². The predicted octanol–water partition coefficient (Wildman–Crippen LogP) is 2.87. The van der Waals surface area contributed by atoms with Crippen LogP contribution in [-0.4, -0.2) is 42.2 Å². The lowest BCUT2D eigenvalue weighted by Crippen LogP contribution is -2.27. The van der Waals surface area contributed by atoms with Crippen molar-refractivity contribution in [2.45, 2.75) is 13.8 Å². The average Bonchev–Trinajstić information content (AvgIpc) is 2.34. The fourth-order valence-corrected chi connectivity index (χ4v) is 2.12. The molecule has 0 spiro atoms. The molecule has 1 aromatic rings. The predicted molar refractivity (Wildman–Crippen MR) is 74.4 cm³/mol. The molecule has 0 saturated carbocycles. The Kier molecular flexibility index (Phi) is 6.15. The van der Waals surface area contributed by atoms with Gasteiger partial charge in [-0.25, -0.2) is 4.79 Å². The number of ether oxygens (including phenoxy) is 1. The molecule has 100 valence electrons. The molecule has 0 aliphatic carbocycles. The highest BCUT2D eigenvalue weighted by atomic mass is 79.9. The van der Waals surface area contributed by atoms with Crippen molar-refractivity contribution in [2.24, 2.45) is 0 Å². The lowest BCUT2D eigenvalue weighted by Gasteiger charge is -2.18. The zero-order chi connectivity index (χ0) is 13.5. The third kappa shape index (κ3) is 4.31. The number of aromatic carboxylic acids is 1. The van der Waals surface area contributed by atoms with E-state index < -0.39 is 5.97 Å². The van der Waals surface area contributed by atoms with E-state index in [0.29, 0.717) is 16.8 Å². The van der Waals surface area contributed by atoms with Crippen LogP contribution in [0.5, 0.6) is 5.75 Å². The van der Waals surface area contributed by atoms with E-state index in [1.165, 1.54) is 0 Å². The number of nitrogens with zero attached hydrogens (tertiary/aromatic N) is 1. The molecule has 1 N–H and O–H groups in total. The molecule has 0 fully saturated rings. The van der Waals surface area contributed by atoms with Crippen molar-refractivity contribution < 1.29 is 14.6 Å². The van der Waals surface area contributed by atoms with Gasteiger partial charge in [0, 0.05) is 11.0 Å². The fourth-order valence-electron chi connectivity index (χ4n) is 1.59. The monoisotopic (exact) mass is 315 g/mol. The maximum Gasteiger partial charge on any atom is 0.336 e. The topological polar surface area (TPSA) is 49.8 Å². The van der Waals surface area contributed by atoms with Gasteiger partial charge in [0.15, 0.2) is 0 Å². The van der Waals surface area contributed by atoms with Gasteiger partial charge in [0.2, 0.25) is 0 Å². The molecule has 0 aliphatic rings. The summed E-state index contributed by atoms with van der Waals surface area (Å²) >= 11 is 3.22. The minimum atomic E-state index is -0.948. The smallest absolute Gasteiger partial charge is 0.336 e. The van der Waals surface area contributed by atoms with Gasteiger partial charge >= 0.3 is 5.97 Å². The number of halogens is 1. The van der Waals surface area contributed by atoms with Gasteiger partial charge in [-0.15, -0.1) is 0 Å². The van der Waals surface area contributed by atoms with Gasteiger partial charge < -0.3 is 14.7 Å². The van der Waals surface area contributed by atoms with E-state index in [4.69, 9.17) is 9.84 Å². The van der Waals surface area contributed by atoms with E-state index in [2.05, 4.69) is 34.7 Å². The van der Waals surface area contributed by atoms with Gasteiger partial charge in [-0.3, -0.25) is 0 Å². The van der Waals surface area contributed by atoms with Gasteiger partial charge in [-0.05, 0) is 47.2 Å². The number of carbonyl (C=O) groups is 1. The molecule has 1 aromatic carbocycles. The number of likely N-dealkylation sites (N-methyl/N-ethyl adjacent to an activating group) is 1. The lowest BCUT2D eigenvalue weighted by molar-refractivity contribution is 0.0696. The normalized spacial score (nSPS) is 10.7. The molecule has 18 heavy (non-hydrogen) atoms. The fraction of sp³-hybridized carbons (Fsp3) is 0.462. The summed E-state index contributed by atoms with van der Waals surface area (Å²) in [6, 6.07) is 4.90. The van der Waals surface area contributed by atoms with Gasteiger partial charge in [0.05, 0.1) is 5.56 Å². The van der Waals surface area contributed by atoms with Gasteiger partial charge in [-0.1, -0.05) is 13.8 Å². The molecule has 0 bridgehead atoms. The molecule has 0 unspecified atom stereocenters. The third-order valence-corrected chi connectivity index (χ3v) is 3.40. The SMILES string of the molecule is CCN(CC)CCOc1ccc(C(=O)O)c(Br)c1. The van der Waals surface area contributed by atoms with E-state index in [1.807, 2.05) is 0 Å². The molecule has 0 aromatic heterocycles. The molecule has 1 rings (SSSR count). The van der Waals surface area contributed by atoms with Gasteiger partial charge in [0.1, 0.15) is 12.4 Å². The Bertz CT molecular complexity index is 405. The molecular formula is C13H18BrNO3. The molecule has 0 heterocycles. The molecule has 0 amide bonds. The maximum absolute atomic E-state index is 10.8. The molecule has 0 aliphatic heterocycles. The Hall–Kier alpha value is -1.07. The summed E-state index contributed by atoms with van der Waals surface area (Å²) in [7, 11) is 0. The van der Waals surface area contributed by atoms with Crippen LogP contribution >= 0.6 is 15.9 Å². The van der Waals surface area contributed by atoms with Crippen molar-refractivity contribution in [3.05, 3.63) is 28.2 Å². The van der Waals surface area contributed by atoms with Crippen molar-refractivity contribution in [2.75, 3.05) is 26.2 Å². The second-order valence-corrected chi connectivity index (χ2v) is 4.68. The minimum Gasteiger partial charge on any atom is -0.492 e. The third-order valence-electron chi connectivity index (χ3n) is 2.74. The van der Waals surface area contributed by atoms with E-state index in [1.54, 1.807) is 18.2 Å². The first-order valence-electron chi connectivity index (χ1n) is 5.96. The average molecular weight is 316 g/mol. The van der Waals surface area contributed by atoms with Crippen molar-refractivity contribution in [3.8, 4) is 5.75 Å². The van der Waals surface area contributed by atoms with E-state index in [0.717, 1.165) is 19.6 Å². The van der Waals surface area contributed by atoms with Crippen molar-refractivity contribution in [3.63, 3.8) is 0 Å². The quantitative estimate of drug-likeness (QED) is 0.840. The molecule has 0 radical (unpaired) electrons. The maximum atomic E-state index is 10.8. The first-order chi connectivity index (χ1) is 8.58. The van der Waals surface area contributed by atoms with Crippen LogP contribution in [0, 0.1) is 0 Å². The van der Waals surface area contributed by atoms with E-state index in [-0.39, 0.29) is 5.56 Å². The number of benzene rings is 1. The van der Waals surface area contributed by atoms with Crippen LogP contribution in [0.25, 0.3) is 0 Å². The molecule has 0 atom stereocenters. The molecule has 4 nitrogen and oxygen atoms in total. The first kappa shape index (κ1) is 15.0. The summed E-state index contributed by atoms with van der Waals surface area (Å²) in [5.41, 5.74) is 0.242. The summed E-state index contributed by atoms with van der Waals surface area (Å²) < 4.78 is 6.13. The highest BCUT2D eigenvalue weighted by Crippen LogP contribution is 2.23. The summed E-state index contributed by atoms with van der Waals surface area (Å²) in [4.78, 5) is 13.1. The van der Waals surface area contributed by atoms with Crippen LogP contribution in [0.4, 0.5) is 0 Å². The van der Waals surface area contributed by atoms with Crippen molar-refractivity contribution in [1.29, 1.82) is 0 Å². The van der Waals surface area contributed by atoms with E-state index >= 15 is 0 Å². The standard InChI is InChI=1S/C13H18BrNO3/c1-3-15(4-2)7-8-18-10-5-6-11(13(16)17)12(14)9-10/h5-6,9H,3-4,7-8H2,1-2H3,(H,16,17). The summed E-state index contributed by atoms with van der Waals surface area (Å²) in [6.45, 7) is 7.69. The summed E-state index contributed by atoms with van der Waals surface area (Å²) in [6.07, 6.45) is 0. The van der Waals surface area contributed by atoms with Crippen molar-refractivity contribution in [1.82, 2.24) is 4.90 Å². The number of carboxylic acid groups (broad SMARTS) is 1. The number of carboxylic acids is 1. The molecule has 0 saturated heterocycles. The number of hydrogen-bond acceptors (Lipinski definition) is 3. The van der Waals surface area contributed by atoms with Crippen molar-refractivity contribution >= 4 is 21.9 Å². The minimum absolute atomic E-state index is 0.242. The summed E-state index contributed by atoms with van der Waals surface area (Å²) in [5, 5.41) is 8.89. The van der Waals surface area contributed by atoms with Gasteiger partial charge in [0.25, 0.3) is 0 Å². The van der Waals surface area contributed by atoms with Gasteiger partial charge in [-0.2, -0.15) is 0 Å². The van der Waals surface area contributed by atoms with Crippen LogP contribution < -0.4 is 4.74 Å².